The largest absolute Gasteiger partial charge is 0.364 e. The molecule has 172 valence electrons. The molecule has 1 aliphatic carbocycles. The molecule has 1 saturated carbocycles. The molecule has 5 rings (SSSR count). The molecule has 2 fully saturated rings. The summed E-state index contributed by atoms with van der Waals surface area (Å²) in [6.07, 6.45) is 6.80. The van der Waals surface area contributed by atoms with Gasteiger partial charge in [-0.15, -0.1) is 0 Å². The van der Waals surface area contributed by atoms with Crippen LogP contribution in [0.5, 0.6) is 0 Å². The number of nitrogens with zero attached hydrogens (tertiary/aromatic N) is 4. The second-order valence-corrected chi connectivity index (χ2v) is 9.00. The molecule has 4 heterocycles. The van der Waals surface area contributed by atoms with Crippen molar-refractivity contribution in [2.75, 3.05) is 25.0 Å². The molecular weight excluding hydrogens is 416 g/mol. The fourth-order valence-corrected chi connectivity index (χ4v) is 5.15. The van der Waals surface area contributed by atoms with E-state index in [1.54, 1.807) is 13.1 Å². The van der Waals surface area contributed by atoms with Gasteiger partial charge in [-0.1, -0.05) is 6.92 Å². The molecule has 33 heavy (non-hydrogen) atoms. The van der Waals surface area contributed by atoms with Crippen LogP contribution in [0.1, 0.15) is 46.9 Å². The van der Waals surface area contributed by atoms with Crippen LogP contribution in [-0.4, -0.2) is 58.0 Å². The van der Waals surface area contributed by atoms with Crippen LogP contribution in [0.4, 0.5) is 5.69 Å². The van der Waals surface area contributed by atoms with Crippen LogP contribution in [0.2, 0.25) is 0 Å². The van der Waals surface area contributed by atoms with Gasteiger partial charge in [0.2, 0.25) is 0 Å². The lowest BCUT2D eigenvalue weighted by Gasteiger charge is -2.54. The Morgan fingerprint density at radius 3 is 2.64 bits per heavy atom. The molecule has 1 aliphatic heterocycles. The predicted octanol–water partition coefficient (Wildman–Crippen LogP) is 2.40. The van der Waals surface area contributed by atoms with Crippen LogP contribution >= 0.6 is 0 Å². The summed E-state index contributed by atoms with van der Waals surface area (Å²) < 4.78 is 0. The van der Waals surface area contributed by atoms with E-state index in [4.69, 9.17) is 0 Å². The number of carbonyl (C=O) groups excluding carboxylic acids is 1. The zero-order valence-electron chi connectivity index (χ0n) is 19.4. The van der Waals surface area contributed by atoms with Gasteiger partial charge in [0.05, 0.1) is 22.9 Å². The second kappa shape index (κ2) is 8.59. The van der Waals surface area contributed by atoms with Gasteiger partial charge in [-0.2, -0.15) is 0 Å². The first-order valence-corrected chi connectivity index (χ1v) is 11.7. The first kappa shape index (κ1) is 21.6. The number of H-pyrrole nitrogens is 1. The summed E-state index contributed by atoms with van der Waals surface area (Å²) in [5, 5.41) is 2.61. The molecule has 0 radical (unpaired) electrons. The number of rotatable bonds is 5. The van der Waals surface area contributed by atoms with Gasteiger partial charge in [-0.3, -0.25) is 19.5 Å². The fraction of sp³-hybridized carbons (Fsp3) is 0.440. The lowest BCUT2D eigenvalue weighted by Crippen LogP contribution is -2.64. The van der Waals surface area contributed by atoms with Gasteiger partial charge in [-0.25, -0.2) is 4.98 Å². The lowest BCUT2D eigenvalue weighted by molar-refractivity contribution is 0.0657. The summed E-state index contributed by atoms with van der Waals surface area (Å²) in [5.74, 6) is -0.167. The summed E-state index contributed by atoms with van der Waals surface area (Å²) in [7, 11) is 1.61. The SMILES string of the molecule is CCc1cc2ncc(CN3CCN(c4ccc(C(=O)NC)nc4)C4CCC43)c(C)c2[nH]c1=O. The Morgan fingerprint density at radius 2 is 1.97 bits per heavy atom. The highest BCUT2D eigenvalue weighted by Gasteiger charge is 2.43. The predicted molar refractivity (Wildman–Crippen MR) is 129 cm³/mol. The van der Waals surface area contributed by atoms with Gasteiger partial charge in [0.25, 0.3) is 11.5 Å². The van der Waals surface area contributed by atoms with Gasteiger partial charge in [0.1, 0.15) is 5.69 Å². The van der Waals surface area contributed by atoms with Crippen molar-refractivity contribution in [2.45, 2.75) is 51.7 Å². The van der Waals surface area contributed by atoms with E-state index >= 15 is 0 Å². The Kier molecular flexibility index (Phi) is 5.62. The highest BCUT2D eigenvalue weighted by molar-refractivity contribution is 5.92. The van der Waals surface area contributed by atoms with E-state index < -0.39 is 0 Å². The number of hydrogen-bond donors (Lipinski definition) is 2. The highest BCUT2D eigenvalue weighted by atomic mass is 16.1. The average molecular weight is 447 g/mol. The molecule has 3 aromatic heterocycles. The van der Waals surface area contributed by atoms with E-state index in [9.17, 15) is 9.59 Å². The number of fused-ring (bicyclic) bond motifs is 2. The molecule has 0 spiro atoms. The zero-order valence-corrected chi connectivity index (χ0v) is 19.4. The summed E-state index contributed by atoms with van der Waals surface area (Å²) in [6, 6.07) is 6.64. The Hall–Kier alpha value is -3.26. The Morgan fingerprint density at radius 1 is 1.15 bits per heavy atom. The summed E-state index contributed by atoms with van der Waals surface area (Å²) in [6.45, 7) is 6.75. The van der Waals surface area contributed by atoms with Gasteiger partial charge in [0.15, 0.2) is 0 Å². The number of aromatic nitrogens is 3. The Labute approximate surface area is 193 Å². The number of aromatic amines is 1. The van der Waals surface area contributed by atoms with Crippen LogP contribution < -0.4 is 15.8 Å². The van der Waals surface area contributed by atoms with E-state index in [1.165, 1.54) is 6.42 Å². The number of amides is 1. The van der Waals surface area contributed by atoms with Crippen molar-refractivity contribution in [3.63, 3.8) is 0 Å². The smallest absolute Gasteiger partial charge is 0.269 e. The maximum Gasteiger partial charge on any atom is 0.269 e. The first-order chi connectivity index (χ1) is 16.0. The molecule has 3 aromatic rings. The molecule has 8 nitrogen and oxygen atoms in total. The summed E-state index contributed by atoms with van der Waals surface area (Å²) >= 11 is 0. The third kappa shape index (κ3) is 3.78. The Bertz CT molecular complexity index is 1250. The first-order valence-electron chi connectivity index (χ1n) is 11.7. The lowest BCUT2D eigenvalue weighted by atomic mass is 9.81. The normalized spacial score (nSPS) is 20.4. The number of carbonyl (C=O) groups is 1. The number of piperazine rings is 1. The maximum atomic E-state index is 12.3. The number of hydrogen-bond acceptors (Lipinski definition) is 6. The minimum atomic E-state index is -0.167. The van der Waals surface area contributed by atoms with E-state index in [2.05, 4.69) is 37.0 Å². The third-order valence-electron chi connectivity index (χ3n) is 7.31. The van der Waals surface area contributed by atoms with E-state index in [-0.39, 0.29) is 11.5 Å². The van der Waals surface area contributed by atoms with Crippen LogP contribution in [0, 0.1) is 6.92 Å². The van der Waals surface area contributed by atoms with E-state index in [1.807, 2.05) is 31.5 Å². The summed E-state index contributed by atoms with van der Waals surface area (Å²) in [4.78, 5) is 41.2. The molecule has 0 aromatic carbocycles. The van der Waals surface area contributed by atoms with Crippen molar-refractivity contribution in [1.82, 2.24) is 25.2 Å². The minimum absolute atomic E-state index is 0.0178. The van der Waals surface area contributed by atoms with Crippen molar-refractivity contribution in [3.05, 3.63) is 63.3 Å². The second-order valence-electron chi connectivity index (χ2n) is 9.00. The van der Waals surface area contributed by atoms with E-state index in [0.29, 0.717) is 24.2 Å². The molecule has 8 heteroatoms. The number of nitrogens with one attached hydrogen (secondary N) is 2. The third-order valence-corrected chi connectivity index (χ3v) is 7.31. The van der Waals surface area contributed by atoms with Gasteiger partial charge in [0, 0.05) is 50.5 Å². The molecule has 1 saturated heterocycles. The number of anilines is 1. The van der Waals surface area contributed by atoms with Crippen LogP contribution in [0.3, 0.4) is 0 Å². The number of pyridine rings is 3. The van der Waals surface area contributed by atoms with E-state index in [0.717, 1.165) is 59.5 Å². The molecule has 2 atom stereocenters. The van der Waals surface area contributed by atoms with Gasteiger partial charge >= 0.3 is 0 Å². The highest BCUT2D eigenvalue weighted by Crippen LogP contribution is 2.37. The van der Waals surface area contributed by atoms with Crippen molar-refractivity contribution in [2.24, 2.45) is 0 Å². The summed E-state index contributed by atoms with van der Waals surface area (Å²) in [5.41, 5.74) is 6.24. The molecule has 2 N–H and O–H groups in total. The molecule has 1 amide bonds. The fourth-order valence-electron chi connectivity index (χ4n) is 5.15. The maximum absolute atomic E-state index is 12.3. The van der Waals surface area contributed by atoms with Crippen LogP contribution in [-0.2, 0) is 13.0 Å². The Balaban J connectivity index is 1.34. The quantitative estimate of drug-likeness (QED) is 0.625. The minimum Gasteiger partial charge on any atom is -0.364 e. The molecular formula is C25H30N6O2. The van der Waals surface area contributed by atoms with Crippen molar-refractivity contribution in [1.29, 1.82) is 0 Å². The van der Waals surface area contributed by atoms with Crippen molar-refractivity contribution >= 4 is 22.6 Å². The zero-order chi connectivity index (χ0) is 23.1. The standard InChI is InChI=1S/C25H30N6O2/c1-4-16-11-20-23(29-24(16)32)15(2)17(12-27-20)14-30-9-10-31(22-8-7-21(22)30)18-5-6-19(28-13-18)25(33)26-3/h5-6,11-13,21-22H,4,7-10,14H2,1-3H3,(H,26,33)(H,29,32). The van der Waals surface area contributed by atoms with Gasteiger partial charge in [-0.05, 0) is 55.5 Å². The van der Waals surface area contributed by atoms with Crippen LogP contribution in [0.15, 0.2) is 35.4 Å². The van der Waals surface area contributed by atoms with Gasteiger partial charge < -0.3 is 15.2 Å². The molecule has 2 aliphatic rings. The van der Waals surface area contributed by atoms with Crippen LogP contribution in [0.25, 0.3) is 11.0 Å². The topological polar surface area (TPSA) is 94.2 Å². The number of aryl methyl sites for hydroxylation is 2. The molecule has 2 unspecified atom stereocenters. The molecule has 0 bridgehead atoms. The van der Waals surface area contributed by atoms with Crippen molar-refractivity contribution < 1.29 is 4.79 Å². The monoisotopic (exact) mass is 446 g/mol. The average Bonchev–Trinajstić information content (AvgIpc) is 2.81. The van der Waals surface area contributed by atoms with Crippen molar-refractivity contribution in [3.8, 4) is 0 Å².